The van der Waals surface area contributed by atoms with Crippen LogP contribution in [0.1, 0.15) is 56.1 Å². The molecule has 0 saturated heterocycles. The van der Waals surface area contributed by atoms with E-state index >= 15 is 0 Å². The molecular formula is C30H33BrN4O2. The second kappa shape index (κ2) is 11.7. The van der Waals surface area contributed by atoms with Gasteiger partial charge in [-0.25, -0.2) is 9.78 Å². The fourth-order valence-electron chi connectivity index (χ4n) is 4.67. The van der Waals surface area contributed by atoms with Gasteiger partial charge in [0, 0.05) is 16.7 Å². The molecule has 2 amide bonds. The van der Waals surface area contributed by atoms with Gasteiger partial charge in [-0.3, -0.25) is 9.36 Å². The van der Waals surface area contributed by atoms with E-state index in [4.69, 9.17) is 4.98 Å². The molecule has 0 aliphatic carbocycles. The standard InChI is InChI=1S/C30H33BrN4O2/c1-5-7-19-34(30(37)33-27-20(3)11-10-12-21(27)4)26(6-2)28-32-25-14-9-8-13-24(25)29(36)35(28)23-17-15-22(31)16-18-23/h8-18,26H,5-7,19H2,1-4H3,(H,33,37). The van der Waals surface area contributed by atoms with Crippen molar-refractivity contribution in [3.8, 4) is 5.69 Å². The van der Waals surface area contributed by atoms with E-state index in [9.17, 15) is 9.59 Å². The number of aryl methyl sites for hydroxylation is 2. The molecule has 1 aromatic heterocycles. The van der Waals surface area contributed by atoms with Crippen LogP contribution in [0.5, 0.6) is 0 Å². The first-order chi connectivity index (χ1) is 17.8. The monoisotopic (exact) mass is 560 g/mol. The molecule has 0 aliphatic heterocycles. The third-order valence-electron chi connectivity index (χ3n) is 6.67. The molecule has 7 heteroatoms. The number of carbonyl (C=O) groups excluding carboxylic acids is 1. The van der Waals surface area contributed by atoms with Crippen molar-refractivity contribution in [2.24, 2.45) is 0 Å². The molecule has 0 bridgehead atoms. The molecule has 4 rings (SSSR count). The summed E-state index contributed by atoms with van der Waals surface area (Å²) in [6.07, 6.45) is 2.38. The first-order valence-corrected chi connectivity index (χ1v) is 13.6. The van der Waals surface area contributed by atoms with Crippen molar-refractivity contribution in [3.63, 3.8) is 0 Å². The average Bonchev–Trinajstić information content (AvgIpc) is 2.89. The summed E-state index contributed by atoms with van der Waals surface area (Å²) < 4.78 is 2.58. The molecule has 1 atom stereocenters. The highest BCUT2D eigenvalue weighted by molar-refractivity contribution is 9.10. The van der Waals surface area contributed by atoms with Crippen molar-refractivity contribution in [2.45, 2.75) is 53.0 Å². The SMILES string of the molecule is CCCCN(C(=O)Nc1c(C)cccc1C)C(CC)c1nc2ccccc2c(=O)n1-c1ccc(Br)cc1. The van der Waals surface area contributed by atoms with Crippen LogP contribution >= 0.6 is 15.9 Å². The molecule has 0 fully saturated rings. The molecule has 0 radical (unpaired) electrons. The van der Waals surface area contributed by atoms with Gasteiger partial charge in [0.25, 0.3) is 5.56 Å². The number of carbonyl (C=O) groups is 1. The maximum atomic E-state index is 13.8. The molecular weight excluding hydrogens is 528 g/mol. The lowest BCUT2D eigenvalue weighted by Crippen LogP contribution is -2.41. The van der Waals surface area contributed by atoms with E-state index in [0.29, 0.717) is 35.4 Å². The third kappa shape index (κ3) is 5.62. The number of hydrogen-bond acceptors (Lipinski definition) is 3. The number of aromatic nitrogens is 2. The van der Waals surface area contributed by atoms with Gasteiger partial charge >= 0.3 is 6.03 Å². The maximum Gasteiger partial charge on any atom is 0.322 e. The Morgan fingerprint density at radius 3 is 2.32 bits per heavy atom. The van der Waals surface area contributed by atoms with Crippen LogP contribution in [0.15, 0.2) is 76.0 Å². The van der Waals surface area contributed by atoms with Crippen molar-refractivity contribution in [1.29, 1.82) is 0 Å². The minimum atomic E-state index is -0.406. The predicted molar refractivity (Wildman–Crippen MR) is 155 cm³/mol. The van der Waals surface area contributed by atoms with Crippen molar-refractivity contribution >= 4 is 38.6 Å². The zero-order chi connectivity index (χ0) is 26.5. The number of para-hydroxylation sites is 2. The second-order valence-electron chi connectivity index (χ2n) is 9.27. The number of unbranched alkanes of at least 4 members (excludes halogenated alkanes) is 1. The van der Waals surface area contributed by atoms with Gasteiger partial charge in [0.05, 0.1) is 22.6 Å². The lowest BCUT2D eigenvalue weighted by Gasteiger charge is -2.33. The van der Waals surface area contributed by atoms with Crippen LogP contribution in [0.4, 0.5) is 10.5 Å². The van der Waals surface area contributed by atoms with E-state index in [1.54, 1.807) is 10.6 Å². The van der Waals surface area contributed by atoms with E-state index in [1.165, 1.54) is 0 Å². The van der Waals surface area contributed by atoms with Crippen LogP contribution in [0.3, 0.4) is 0 Å². The fraction of sp³-hybridized carbons (Fsp3) is 0.300. The summed E-state index contributed by atoms with van der Waals surface area (Å²) in [5.74, 6) is 0.557. The number of fused-ring (bicyclic) bond motifs is 1. The first-order valence-electron chi connectivity index (χ1n) is 12.8. The molecule has 0 spiro atoms. The van der Waals surface area contributed by atoms with E-state index in [2.05, 4.69) is 28.2 Å². The lowest BCUT2D eigenvalue weighted by atomic mass is 10.1. The van der Waals surface area contributed by atoms with Crippen molar-refractivity contribution in [3.05, 3.63) is 98.5 Å². The Morgan fingerprint density at radius 1 is 1.00 bits per heavy atom. The van der Waals surface area contributed by atoms with Crippen LogP contribution in [0, 0.1) is 13.8 Å². The Bertz CT molecular complexity index is 1440. The number of benzene rings is 3. The van der Waals surface area contributed by atoms with Gasteiger partial charge in [-0.2, -0.15) is 0 Å². The van der Waals surface area contributed by atoms with E-state index in [0.717, 1.165) is 34.1 Å². The largest absolute Gasteiger partial charge is 0.322 e. The highest BCUT2D eigenvalue weighted by Crippen LogP contribution is 2.29. The number of amides is 2. The number of rotatable bonds is 8. The van der Waals surface area contributed by atoms with E-state index in [1.807, 2.05) is 86.3 Å². The number of urea groups is 1. The predicted octanol–water partition coefficient (Wildman–Crippen LogP) is 7.55. The maximum absolute atomic E-state index is 13.8. The number of nitrogens with zero attached hydrogens (tertiary/aromatic N) is 3. The van der Waals surface area contributed by atoms with E-state index < -0.39 is 6.04 Å². The van der Waals surface area contributed by atoms with Crippen molar-refractivity contribution < 1.29 is 4.79 Å². The van der Waals surface area contributed by atoms with Gasteiger partial charge in [0.15, 0.2) is 0 Å². The van der Waals surface area contributed by atoms with E-state index in [-0.39, 0.29) is 11.6 Å². The van der Waals surface area contributed by atoms with Gasteiger partial charge in [-0.1, -0.05) is 66.5 Å². The lowest BCUT2D eigenvalue weighted by molar-refractivity contribution is 0.180. The Balaban J connectivity index is 1.88. The minimum Gasteiger partial charge on any atom is -0.314 e. The average molecular weight is 562 g/mol. The Hall–Kier alpha value is -3.45. The number of halogens is 1. The zero-order valence-electron chi connectivity index (χ0n) is 21.8. The molecule has 1 heterocycles. The topological polar surface area (TPSA) is 67.2 Å². The summed E-state index contributed by atoms with van der Waals surface area (Å²) in [5.41, 5.74) is 4.03. The van der Waals surface area contributed by atoms with Crippen molar-refractivity contribution in [1.82, 2.24) is 14.5 Å². The molecule has 4 aromatic rings. The first kappa shape index (κ1) is 26.6. The van der Waals surface area contributed by atoms with Crippen LogP contribution in [0.25, 0.3) is 16.6 Å². The molecule has 0 aliphatic rings. The smallest absolute Gasteiger partial charge is 0.314 e. The molecule has 6 nitrogen and oxygen atoms in total. The van der Waals surface area contributed by atoms with Crippen LogP contribution in [-0.2, 0) is 0 Å². The molecule has 3 aromatic carbocycles. The molecule has 192 valence electrons. The summed E-state index contributed by atoms with van der Waals surface area (Å²) >= 11 is 3.49. The van der Waals surface area contributed by atoms with Gasteiger partial charge in [-0.05, 0) is 74.2 Å². The quantitative estimate of drug-likeness (QED) is 0.242. The molecule has 1 unspecified atom stereocenters. The second-order valence-corrected chi connectivity index (χ2v) is 10.2. The molecule has 0 saturated carbocycles. The van der Waals surface area contributed by atoms with Crippen molar-refractivity contribution in [2.75, 3.05) is 11.9 Å². The van der Waals surface area contributed by atoms with Crippen LogP contribution in [0.2, 0.25) is 0 Å². The summed E-state index contributed by atoms with van der Waals surface area (Å²) in [6, 6.07) is 20.4. The third-order valence-corrected chi connectivity index (χ3v) is 7.20. The van der Waals surface area contributed by atoms with Gasteiger partial charge in [0.2, 0.25) is 0 Å². The Morgan fingerprint density at radius 2 is 1.68 bits per heavy atom. The molecule has 37 heavy (non-hydrogen) atoms. The minimum absolute atomic E-state index is 0.146. The fourth-order valence-corrected chi connectivity index (χ4v) is 4.94. The zero-order valence-corrected chi connectivity index (χ0v) is 23.4. The van der Waals surface area contributed by atoms with Gasteiger partial charge in [-0.15, -0.1) is 0 Å². The highest BCUT2D eigenvalue weighted by atomic mass is 79.9. The molecule has 1 N–H and O–H groups in total. The number of hydrogen-bond donors (Lipinski definition) is 1. The Labute approximate surface area is 226 Å². The van der Waals surface area contributed by atoms with Crippen LogP contribution in [-0.4, -0.2) is 27.0 Å². The summed E-state index contributed by atoms with van der Waals surface area (Å²) in [4.78, 5) is 34.5. The van der Waals surface area contributed by atoms with Gasteiger partial charge in [0.1, 0.15) is 5.82 Å². The summed E-state index contributed by atoms with van der Waals surface area (Å²) in [6.45, 7) is 8.67. The van der Waals surface area contributed by atoms with Crippen LogP contribution < -0.4 is 10.9 Å². The normalized spacial score (nSPS) is 11.9. The summed E-state index contributed by atoms with van der Waals surface area (Å²) in [7, 11) is 0. The number of nitrogens with one attached hydrogen (secondary N) is 1. The van der Waals surface area contributed by atoms with Gasteiger partial charge < -0.3 is 10.2 Å². The highest BCUT2D eigenvalue weighted by Gasteiger charge is 2.29. The Kier molecular flexibility index (Phi) is 8.44. The number of anilines is 1. The summed E-state index contributed by atoms with van der Waals surface area (Å²) in [5, 5.41) is 3.70.